The summed E-state index contributed by atoms with van der Waals surface area (Å²) >= 11 is 1.19. The molecule has 7 amide bonds. The van der Waals surface area contributed by atoms with Crippen molar-refractivity contribution in [3.8, 4) is 11.8 Å². The van der Waals surface area contributed by atoms with Crippen molar-refractivity contribution in [2.24, 2.45) is 0 Å². The van der Waals surface area contributed by atoms with Gasteiger partial charge >= 0.3 is 5.97 Å². The van der Waals surface area contributed by atoms with Crippen molar-refractivity contribution >= 4 is 87.6 Å². The summed E-state index contributed by atoms with van der Waals surface area (Å²) in [4.78, 5) is 131. The molecule has 0 aliphatic carbocycles. The molecule has 2 unspecified atom stereocenters. The van der Waals surface area contributed by atoms with Crippen LogP contribution in [0.1, 0.15) is 71.3 Å². The molecule has 47 heteroatoms. The number of nitrogens with one attached hydrogen (secondary N) is 6. The summed E-state index contributed by atoms with van der Waals surface area (Å²) in [6.45, 7) is 21.4. The Morgan fingerprint density at radius 1 is 0.431 bits per heavy atom. The van der Waals surface area contributed by atoms with Crippen LogP contribution < -0.4 is 42.8 Å². The molecular formula is C97H146N12O34S. The first-order valence-corrected chi connectivity index (χ1v) is 49.8. The van der Waals surface area contributed by atoms with E-state index < -0.39 is 46.4 Å². The van der Waals surface area contributed by atoms with Gasteiger partial charge in [-0.3, -0.25) is 48.2 Å². The number of hydrogen-bond acceptors (Lipinski definition) is 39. The van der Waals surface area contributed by atoms with Crippen LogP contribution in [0.3, 0.4) is 0 Å². The second-order valence-corrected chi connectivity index (χ2v) is 32.5. The second-order valence-electron chi connectivity index (χ2n) is 31.2. The number of rotatable bonds is 94. The fourth-order valence-corrected chi connectivity index (χ4v) is 13.9. The van der Waals surface area contributed by atoms with Crippen molar-refractivity contribution in [3.63, 3.8) is 0 Å². The highest BCUT2D eigenvalue weighted by Crippen LogP contribution is 2.28. The maximum atomic E-state index is 13.4. The summed E-state index contributed by atoms with van der Waals surface area (Å²) in [6.07, 6.45) is 1.24. The van der Waals surface area contributed by atoms with E-state index in [2.05, 4.69) is 58.4 Å². The molecule has 3 aromatic carbocycles. The van der Waals surface area contributed by atoms with Gasteiger partial charge in [0.15, 0.2) is 11.2 Å². The Labute approximate surface area is 843 Å². The third-order valence-corrected chi connectivity index (χ3v) is 21.5. The number of carboxylic acid groups (broad SMARTS) is 1. The Hall–Kier alpha value is -9.61. The zero-order valence-corrected chi connectivity index (χ0v) is 83.3. The van der Waals surface area contributed by atoms with Gasteiger partial charge < -0.3 is 156 Å². The van der Waals surface area contributed by atoms with Gasteiger partial charge in [-0.05, 0) is 54.4 Å². The third-order valence-electron chi connectivity index (χ3n) is 20.3. The van der Waals surface area contributed by atoms with E-state index in [0.717, 1.165) is 27.3 Å². The maximum Gasteiger partial charge on any atom is 0.326 e. The van der Waals surface area contributed by atoms with E-state index in [-0.39, 0.29) is 131 Å². The molecule has 144 heavy (non-hydrogen) atoms. The number of aromatic nitrogens is 4. The van der Waals surface area contributed by atoms with Gasteiger partial charge in [0, 0.05) is 86.4 Å². The van der Waals surface area contributed by atoms with Gasteiger partial charge in [-0.1, -0.05) is 42.2 Å². The summed E-state index contributed by atoms with van der Waals surface area (Å²) < 4.78 is 133. The van der Waals surface area contributed by atoms with Crippen LogP contribution in [0.25, 0.3) is 11.2 Å². The first-order chi connectivity index (χ1) is 70.7. The monoisotopic (exact) mass is 2050 g/mol. The van der Waals surface area contributed by atoms with E-state index in [9.17, 15) is 48.3 Å². The minimum atomic E-state index is -1.36. The number of thioether (sulfide) groups is 1. The largest absolute Gasteiger partial charge is 0.480 e. The number of benzene rings is 3. The number of amides is 7. The number of aromatic amines is 1. The van der Waals surface area contributed by atoms with Crippen LogP contribution in [-0.4, -0.2) is 438 Å². The molecule has 46 nitrogen and oxygen atoms in total. The zero-order valence-electron chi connectivity index (χ0n) is 82.4. The number of likely N-dealkylation sites (tertiary alicyclic amines) is 1. The molecule has 0 saturated carbocycles. The molecule has 1 fully saturated rings. The number of nitrogens with two attached hydrogens (primary N) is 1. The molecule has 0 bridgehead atoms. The lowest BCUT2D eigenvalue weighted by atomic mass is 10.0. The van der Waals surface area contributed by atoms with Crippen LogP contribution in [-0.2, 0) is 160 Å². The first-order valence-electron chi connectivity index (χ1n) is 48.7. The van der Waals surface area contributed by atoms with E-state index in [1.807, 2.05) is 48.5 Å². The summed E-state index contributed by atoms with van der Waals surface area (Å²) in [5, 5.41) is 22.8. The topological polar surface area (TPSA) is 542 Å². The summed E-state index contributed by atoms with van der Waals surface area (Å²) in [5.74, 6) is 2.72. The van der Waals surface area contributed by atoms with Gasteiger partial charge in [-0.2, -0.15) is 4.98 Å². The fourth-order valence-electron chi connectivity index (χ4n) is 12.9. The Morgan fingerprint density at radius 2 is 0.806 bits per heavy atom. The Balaban J connectivity index is 0.478. The highest BCUT2D eigenvalue weighted by molar-refractivity contribution is 8.00. The number of carbonyl (C=O) groups is 8. The SMILES string of the molecule is Nc1nc2ncc(CNc3ccc(C(=O)NC(CCC(=O)NCCSC4CC(=O)N(CCC(=O)NCCOCCOCCOCCOCCOCCOCCOCCOCCOCCOCCOCCOCCOCCOCCOCCOCCOCCOCCOCCOCCOCCOCCOCCOCCC(=O)NCCC(=O)N5Cc6ccccc6C#Cc6ccccc65)C4=O)C(=O)O)cc3)nc2c(=O)[nH]1. The zero-order chi connectivity index (χ0) is 102. The van der Waals surface area contributed by atoms with Crippen LogP contribution in [0, 0.1) is 11.8 Å². The number of aliphatic carboxylic acids is 1. The van der Waals surface area contributed by atoms with Crippen molar-refractivity contribution in [2.75, 3.05) is 365 Å². The van der Waals surface area contributed by atoms with Crippen LogP contribution >= 0.6 is 11.8 Å². The van der Waals surface area contributed by atoms with Gasteiger partial charge in [0.2, 0.25) is 41.4 Å². The van der Waals surface area contributed by atoms with Crippen molar-refractivity contribution in [2.45, 2.75) is 62.9 Å². The number of nitrogens with zero attached hydrogens (tertiary/aromatic N) is 5. The molecule has 2 aliphatic heterocycles. The Kier molecular flexibility index (Phi) is 68.6. The van der Waals surface area contributed by atoms with Crippen LogP contribution in [0.5, 0.6) is 0 Å². The molecule has 4 heterocycles. The molecule has 804 valence electrons. The number of carbonyl (C=O) groups excluding carboxylic acids is 7. The van der Waals surface area contributed by atoms with Crippen LogP contribution in [0.15, 0.2) is 83.8 Å². The number of hydrogen-bond donors (Lipinski definition) is 8. The maximum absolute atomic E-state index is 13.4. The molecular weight excluding hydrogens is 1910 g/mol. The van der Waals surface area contributed by atoms with E-state index in [4.69, 9.17) is 119 Å². The molecule has 1 saturated heterocycles. The number of H-pyrrole nitrogens is 1. The lowest BCUT2D eigenvalue weighted by Gasteiger charge is -2.26. The molecule has 9 N–H and O–H groups in total. The number of fused-ring (bicyclic) bond motifs is 3. The minimum Gasteiger partial charge on any atom is -0.480 e. The highest BCUT2D eigenvalue weighted by atomic mass is 32.2. The van der Waals surface area contributed by atoms with Crippen molar-refractivity contribution in [1.29, 1.82) is 0 Å². The predicted molar refractivity (Wildman–Crippen MR) is 524 cm³/mol. The molecule has 2 aromatic heterocycles. The quantitative estimate of drug-likeness (QED) is 0.0156. The molecule has 2 aliphatic rings. The fraction of sp³-hybridized carbons (Fsp3) is 0.649. The Morgan fingerprint density at radius 3 is 1.24 bits per heavy atom. The van der Waals surface area contributed by atoms with Gasteiger partial charge in [0.05, 0.1) is 353 Å². The number of carboxylic acids is 1. The average molecular weight is 2060 g/mol. The average Bonchev–Trinajstić information content (AvgIpc) is 0.852. The number of para-hydroxylation sites is 1. The van der Waals surface area contributed by atoms with Crippen LogP contribution in [0.4, 0.5) is 17.3 Å². The van der Waals surface area contributed by atoms with Gasteiger partial charge in [-0.15, -0.1) is 11.8 Å². The number of imide groups is 1. The molecule has 5 aromatic rings. The van der Waals surface area contributed by atoms with Crippen LogP contribution in [0.2, 0.25) is 0 Å². The van der Waals surface area contributed by atoms with Crippen molar-refractivity contribution < 1.29 is 157 Å². The lowest BCUT2D eigenvalue weighted by Crippen LogP contribution is -2.41. The lowest BCUT2D eigenvalue weighted by molar-refractivity contribution is -0.140. The minimum absolute atomic E-state index is 0.0278. The van der Waals surface area contributed by atoms with E-state index in [1.165, 1.54) is 30.1 Å². The summed E-state index contributed by atoms with van der Waals surface area (Å²) in [7, 11) is 0. The van der Waals surface area contributed by atoms with Crippen molar-refractivity contribution in [1.82, 2.24) is 46.1 Å². The van der Waals surface area contributed by atoms with Gasteiger partial charge in [0.25, 0.3) is 11.5 Å². The van der Waals surface area contributed by atoms with Crippen molar-refractivity contribution in [3.05, 3.63) is 117 Å². The Bertz CT molecular complexity index is 4460. The van der Waals surface area contributed by atoms with E-state index in [1.54, 1.807) is 17.0 Å². The number of nitrogen functional groups attached to an aromatic ring is 1. The number of ether oxygens (including phenoxy) is 24. The first kappa shape index (κ1) is 121. The second kappa shape index (κ2) is 81.5. The molecule has 0 radical (unpaired) electrons. The van der Waals surface area contributed by atoms with Gasteiger partial charge in [-0.25, -0.2) is 14.8 Å². The molecule has 0 spiro atoms. The smallest absolute Gasteiger partial charge is 0.326 e. The van der Waals surface area contributed by atoms with E-state index in [0.29, 0.717) is 322 Å². The highest BCUT2D eigenvalue weighted by Gasteiger charge is 2.39. The molecule has 7 rings (SSSR count). The number of anilines is 3. The molecule has 2 atom stereocenters. The summed E-state index contributed by atoms with van der Waals surface area (Å²) in [6, 6.07) is 20.2. The third kappa shape index (κ3) is 58.1. The predicted octanol–water partition coefficient (Wildman–Crippen LogP) is 1.60. The normalized spacial score (nSPS) is 13.1. The van der Waals surface area contributed by atoms with E-state index >= 15 is 0 Å². The standard InChI is InChI=1S/C97H146N12O34S/c98-97-106-92-91(94(116)107-97)104-82(75-103-92)74-102-81-13-11-79(12-14-81)93(115)105-83(96(118)119)15-16-86(110)101-22-72-144-85-73-90(114)108(95(85)117)23-18-87(111)100-21-25-121-27-29-123-31-33-125-35-37-127-39-41-129-43-45-131-47-49-133-51-53-135-55-57-137-59-61-139-63-65-141-67-69-143-71-70-142-68-66-140-64-62-138-60-58-136-56-54-134-52-50-132-48-46-130-44-42-128-40-38-126-36-34-124-32-30-122-28-26-120-24-19-88(112)99-20-17-89(113)109-76-80-7-2-1-5-77(80)9-10-78-6-3-4-8-84(78)109/h1-8,11-14,75,83,85,102H,15-74,76H2,(H,99,112)(H,100,111)(H,101,110)(H,105,115)(H,118,119)(H3,98,103,106,107,116). The summed E-state index contributed by atoms with van der Waals surface area (Å²) in [5.41, 5.74) is 9.80. The van der Waals surface area contributed by atoms with Gasteiger partial charge in [0.1, 0.15) is 6.04 Å².